The van der Waals surface area contributed by atoms with Crippen LogP contribution in [0.3, 0.4) is 0 Å². The maximum Gasteiger partial charge on any atom is 0.123 e. The molecule has 0 aliphatic heterocycles. The number of phenols is 1. The van der Waals surface area contributed by atoms with E-state index in [0.29, 0.717) is 0 Å². The van der Waals surface area contributed by atoms with E-state index in [1.54, 1.807) is 0 Å². The zero-order chi connectivity index (χ0) is 10.0. The third kappa shape index (κ3) is 2.89. The van der Waals surface area contributed by atoms with Crippen LogP contribution in [-0.2, 0) is 0 Å². The first-order valence-corrected chi connectivity index (χ1v) is 4.31. The van der Waals surface area contributed by atoms with Crippen LogP contribution in [0.5, 0.6) is 5.75 Å². The largest absolute Gasteiger partial charge is 0.507 e. The van der Waals surface area contributed by atoms with Gasteiger partial charge in [0.1, 0.15) is 12.4 Å². The minimum absolute atomic E-state index is 0. The summed E-state index contributed by atoms with van der Waals surface area (Å²) in [5.74, 6) is -0.178. The lowest BCUT2D eigenvalue weighted by atomic mass is 10.1. The maximum atomic E-state index is 12.2. The first kappa shape index (κ1) is 13.8. The molecule has 0 aliphatic carbocycles. The molecule has 3 N–H and O–H groups in total. The third-order valence-electron chi connectivity index (χ3n) is 1.61. The van der Waals surface area contributed by atoms with Crippen LogP contribution in [-0.4, -0.2) is 11.8 Å². The van der Waals surface area contributed by atoms with Gasteiger partial charge in [0.25, 0.3) is 0 Å². The molecule has 0 spiro atoms. The molecule has 0 saturated heterocycles. The fourth-order valence-electron chi connectivity index (χ4n) is 1.02. The molecule has 2 nitrogen and oxygen atoms in total. The van der Waals surface area contributed by atoms with Crippen LogP contribution in [0, 0.1) is 0 Å². The van der Waals surface area contributed by atoms with Crippen molar-refractivity contribution in [2.45, 2.75) is 6.04 Å². The van der Waals surface area contributed by atoms with Crippen molar-refractivity contribution in [1.82, 2.24) is 0 Å². The Balaban J connectivity index is 0.00000169. The van der Waals surface area contributed by atoms with E-state index < -0.39 is 12.7 Å². The standard InChI is InChI=1S/C8H8Cl2FNO.ClH/c9-4-1-5(10)8(6(12)3-11)7(13)2-4;/h1-2,6,13H,3,12H2;1H/t6-;/m1./s1. The third-order valence-corrected chi connectivity index (χ3v) is 2.14. The van der Waals surface area contributed by atoms with E-state index in [0.717, 1.165) is 0 Å². The van der Waals surface area contributed by atoms with E-state index in [9.17, 15) is 9.50 Å². The highest BCUT2D eigenvalue weighted by Crippen LogP contribution is 2.33. The van der Waals surface area contributed by atoms with E-state index in [2.05, 4.69) is 0 Å². The zero-order valence-corrected chi connectivity index (χ0v) is 9.33. The molecule has 1 rings (SSSR count). The quantitative estimate of drug-likeness (QED) is 0.858. The number of hydrogen-bond donors (Lipinski definition) is 2. The molecule has 0 bridgehead atoms. The average molecular weight is 261 g/mol. The first-order valence-electron chi connectivity index (χ1n) is 3.55. The Labute approximate surface area is 97.2 Å². The predicted octanol–water partition coefficient (Wildman–Crippen LogP) is 3.09. The molecule has 1 aromatic carbocycles. The maximum absolute atomic E-state index is 12.2. The Morgan fingerprint density at radius 3 is 2.43 bits per heavy atom. The molecule has 6 heteroatoms. The van der Waals surface area contributed by atoms with Gasteiger partial charge in [0.05, 0.1) is 11.1 Å². The van der Waals surface area contributed by atoms with Gasteiger partial charge in [-0.15, -0.1) is 12.4 Å². The Morgan fingerprint density at radius 1 is 1.43 bits per heavy atom. The summed E-state index contributed by atoms with van der Waals surface area (Å²) in [6, 6.07) is 1.77. The van der Waals surface area contributed by atoms with Gasteiger partial charge in [-0.1, -0.05) is 23.2 Å². The molecule has 0 saturated carbocycles. The van der Waals surface area contributed by atoms with Crippen LogP contribution in [0.2, 0.25) is 10.0 Å². The molecule has 0 radical (unpaired) electrons. The topological polar surface area (TPSA) is 46.2 Å². The van der Waals surface area contributed by atoms with Crippen molar-refractivity contribution in [1.29, 1.82) is 0 Å². The molecule has 0 aromatic heterocycles. The normalized spacial score (nSPS) is 12.0. The second-order valence-electron chi connectivity index (χ2n) is 2.58. The van der Waals surface area contributed by atoms with E-state index >= 15 is 0 Å². The number of alkyl halides is 1. The van der Waals surface area contributed by atoms with Gasteiger partial charge in [0.15, 0.2) is 0 Å². The Kier molecular flexibility index (Phi) is 5.52. The van der Waals surface area contributed by atoms with Crippen molar-refractivity contribution in [3.63, 3.8) is 0 Å². The van der Waals surface area contributed by atoms with E-state index in [1.165, 1.54) is 12.1 Å². The Hall–Kier alpha value is -0.220. The summed E-state index contributed by atoms with van der Waals surface area (Å²) in [5, 5.41) is 9.82. The highest BCUT2D eigenvalue weighted by molar-refractivity contribution is 6.35. The smallest absolute Gasteiger partial charge is 0.123 e. The predicted molar refractivity (Wildman–Crippen MR) is 58.3 cm³/mol. The molecule has 0 unspecified atom stereocenters. The molecule has 80 valence electrons. The van der Waals surface area contributed by atoms with Gasteiger partial charge in [-0.25, -0.2) is 4.39 Å². The van der Waals surface area contributed by atoms with Gasteiger partial charge >= 0.3 is 0 Å². The Morgan fingerprint density at radius 2 is 2.00 bits per heavy atom. The van der Waals surface area contributed by atoms with Crippen LogP contribution in [0.15, 0.2) is 12.1 Å². The lowest BCUT2D eigenvalue weighted by molar-refractivity contribution is 0.414. The molecular weight excluding hydrogens is 251 g/mol. The van der Waals surface area contributed by atoms with E-state index in [-0.39, 0.29) is 33.8 Å². The van der Waals surface area contributed by atoms with Crippen molar-refractivity contribution in [2.24, 2.45) is 5.73 Å². The van der Waals surface area contributed by atoms with E-state index in [4.69, 9.17) is 28.9 Å². The van der Waals surface area contributed by atoms with Gasteiger partial charge in [0, 0.05) is 10.6 Å². The number of phenolic OH excluding ortho intramolecular Hbond substituents is 1. The molecule has 0 fully saturated rings. The fraction of sp³-hybridized carbons (Fsp3) is 0.250. The van der Waals surface area contributed by atoms with Gasteiger partial charge in [-0.05, 0) is 12.1 Å². The number of hydrogen-bond acceptors (Lipinski definition) is 2. The number of nitrogens with two attached hydrogens (primary N) is 1. The molecule has 0 heterocycles. The Bertz CT molecular complexity index is 298. The summed E-state index contributed by atoms with van der Waals surface area (Å²) in [7, 11) is 0. The summed E-state index contributed by atoms with van der Waals surface area (Å²) < 4.78 is 12.2. The number of benzene rings is 1. The highest BCUT2D eigenvalue weighted by Gasteiger charge is 2.15. The average Bonchev–Trinajstić information content (AvgIpc) is 2.02. The van der Waals surface area contributed by atoms with Gasteiger partial charge < -0.3 is 10.8 Å². The molecule has 1 atom stereocenters. The molecule has 1 aromatic rings. The number of aromatic hydroxyl groups is 1. The van der Waals surface area contributed by atoms with Gasteiger partial charge in [0.2, 0.25) is 0 Å². The second kappa shape index (κ2) is 5.61. The highest BCUT2D eigenvalue weighted by atomic mass is 35.5. The van der Waals surface area contributed by atoms with Crippen molar-refractivity contribution in [2.75, 3.05) is 6.67 Å². The van der Waals surface area contributed by atoms with Crippen LogP contribution in [0.25, 0.3) is 0 Å². The first-order chi connectivity index (χ1) is 6.06. The zero-order valence-electron chi connectivity index (χ0n) is 7.01. The van der Waals surface area contributed by atoms with Crippen molar-refractivity contribution < 1.29 is 9.50 Å². The SMILES string of the molecule is Cl.N[C@H](CF)c1c(O)cc(Cl)cc1Cl. The van der Waals surface area contributed by atoms with Crippen molar-refractivity contribution >= 4 is 35.6 Å². The minimum Gasteiger partial charge on any atom is -0.507 e. The fourth-order valence-corrected chi connectivity index (χ4v) is 1.64. The lowest BCUT2D eigenvalue weighted by Crippen LogP contribution is -2.12. The molecule has 0 aliphatic rings. The molecule has 0 amide bonds. The lowest BCUT2D eigenvalue weighted by Gasteiger charge is -2.11. The summed E-state index contributed by atoms with van der Waals surface area (Å²) >= 11 is 11.3. The van der Waals surface area contributed by atoms with Gasteiger partial charge in [-0.2, -0.15) is 0 Å². The van der Waals surface area contributed by atoms with Crippen molar-refractivity contribution in [3.8, 4) is 5.75 Å². The number of rotatable bonds is 2. The van der Waals surface area contributed by atoms with Crippen LogP contribution in [0.4, 0.5) is 4.39 Å². The second-order valence-corrected chi connectivity index (χ2v) is 3.42. The van der Waals surface area contributed by atoms with Crippen LogP contribution in [0.1, 0.15) is 11.6 Å². The molecular formula is C8H9Cl3FNO. The summed E-state index contributed by atoms with van der Waals surface area (Å²) in [6.07, 6.45) is 0. The van der Waals surface area contributed by atoms with Crippen LogP contribution >= 0.6 is 35.6 Å². The van der Waals surface area contributed by atoms with Crippen molar-refractivity contribution in [3.05, 3.63) is 27.7 Å². The van der Waals surface area contributed by atoms with Crippen LogP contribution < -0.4 is 5.73 Å². The van der Waals surface area contributed by atoms with Gasteiger partial charge in [-0.3, -0.25) is 0 Å². The minimum atomic E-state index is -0.912. The summed E-state index contributed by atoms with van der Waals surface area (Å²) in [6.45, 7) is -0.783. The van der Waals surface area contributed by atoms with E-state index in [1.807, 2.05) is 0 Å². The summed E-state index contributed by atoms with van der Waals surface area (Å²) in [4.78, 5) is 0. The molecule has 14 heavy (non-hydrogen) atoms. The monoisotopic (exact) mass is 259 g/mol. The summed E-state index contributed by atoms with van der Waals surface area (Å²) in [5.41, 5.74) is 5.57. The number of halogens is 4.